The van der Waals surface area contributed by atoms with Crippen LogP contribution in [0.1, 0.15) is 37.7 Å². The third-order valence-electron chi connectivity index (χ3n) is 3.63. The average molecular weight is 268 g/mol. The predicted molar refractivity (Wildman–Crippen MR) is 73.2 cm³/mol. The lowest BCUT2D eigenvalue weighted by molar-refractivity contribution is 0.191. The molecule has 1 unspecified atom stereocenters. The first kappa shape index (κ1) is 13.8. The van der Waals surface area contributed by atoms with E-state index in [1.165, 1.54) is 19.3 Å². The molecular weight excluding hydrogens is 247 g/mol. The molecule has 100 valence electrons. The molecule has 1 fully saturated rings. The third kappa shape index (κ3) is 3.44. The Bertz CT molecular complexity index is 438. The monoisotopic (exact) mass is 268 g/mol. The first-order chi connectivity index (χ1) is 8.59. The van der Waals surface area contributed by atoms with Gasteiger partial charge in [-0.05, 0) is 37.3 Å². The lowest BCUT2D eigenvalue weighted by Gasteiger charge is -2.23. The molecular formula is C14H21O3P. The van der Waals surface area contributed by atoms with Crippen molar-refractivity contribution in [1.82, 2.24) is 0 Å². The summed E-state index contributed by atoms with van der Waals surface area (Å²) in [4.78, 5) is 10.0. The molecule has 4 heteroatoms. The lowest BCUT2D eigenvalue weighted by atomic mass is 9.90. The van der Waals surface area contributed by atoms with Gasteiger partial charge < -0.3 is 9.42 Å². The maximum absolute atomic E-state index is 12.2. The van der Waals surface area contributed by atoms with E-state index >= 15 is 0 Å². The van der Waals surface area contributed by atoms with Gasteiger partial charge >= 0.3 is 7.60 Å². The summed E-state index contributed by atoms with van der Waals surface area (Å²) in [6, 6.07) is 7.15. The molecule has 1 N–H and O–H groups in total. The fourth-order valence-electron chi connectivity index (χ4n) is 2.51. The van der Waals surface area contributed by atoms with Gasteiger partial charge in [0.2, 0.25) is 0 Å². The van der Waals surface area contributed by atoms with E-state index in [1.807, 2.05) is 19.1 Å². The van der Waals surface area contributed by atoms with E-state index in [4.69, 9.17) is 4.52 Å². The summed E-state index contributed by atoms with van der Waals surface area (Å²) in [6.45, 7) is 2.24. The molecule has 1 aliphatic carbocycles. The van der Waals surface area contributed by atoms with Crippen LogP contribution in [0.15, 0.2) is 24.3 Å². The fraction of sp³-hybridized carbons (Fsp3) is 0.571. The highest BCUT2D eigenvalue weighted by molar-refractivity contribution is 7.61. The van der Waals surface area contributed by atoms with Gasteiger partial charge in [-0.15, -0.1) is 0 Å². The van der Waals surface area contributed by atoms with Crippen molar-refractivity contribution in [2.75, 3.05) is 6.61 Å². The Morgan fingerprint density at radius 3 is 2.61 bits per heavy atom. The molecule has 1 saturated carbocycles. The van der Waals surface area contributed by atoms with E-state index < -0.39 is 7.60 Å². The van der Waals surface area contributed by atoms with Gasteiger partial charge in [-0.3, -0.25) is 4.57 Å². The maximum Gasteiger partial charge on any atom is 0.359 e. The van der Waals surface area contributed by atoms with E-state index in [2.05, 4.69) is 0 Å². The lowest BCUT2D eigenvalue weighted by Crippen LogP contribution is -2.16. The Hall–Kier alpha value is -0.630. The Morgan fingerprint density at radius 1 is 1.28 bits per heavy atom. The van der Waals surface area contributed by atoms with E-state index in [9.17, 15) is 9.46 Å². The quantitative estimate of drug-likeness (QED) is 0.851. The van der Waals surface area contributed by atoms with Crippen molar-refractivity contribution in [1.29, 1.82) is 0 Å². The molecule has 1 aromatic rings. The van der Waals surface area contributed by atoms with Gasteiger partial charge in [-0.1, -0.05) is 37.5 Å². The zero-order valence-electron chi connectivity index (χ0n) is 10.8. The van der Waals surface area contributed by atoms with Gasteiger partial charge in [0, 0.05) is 0 Å². The minimum absolute atomic E-state index is 0.405. The maximum atomic E-state index is 12.2. The van der Waals surface area contributed by atoms with Crippen LogP contribution in [0.3, 0.4) is 0 Å². The van der Waals surface area contributed by atoms with Crippen molar-refractivity contribution < 1.29 is 14.0 Å². The Morgan fingerprint density at radius 2 is 1.94 bits per heavy atom. The summed E-state index contributed by atoms with van der Waals surface area (Å²) in [7, 11) is -3.65. The van der Waals surface area contributed by atoms with Gasteiger partial charge in [0.1, 0.15) is 0 Å². The smallest absolute Gasteiger partial charge is 0.321 e. The highest BCUT2D eigenvalue weighted by atomic mass is 31.2. The first-order valence-corrected chi connectivity index (χ1v) is 8.21. The highest BCUT2D eigenvalue weighted by Crippen LogP contribution is 2.43. The summed E-state index contributed by atoms with van der Waals surface area (Å²) in [6.07, 6.45) is 5.95. The molecule has 0 radical (unpaired) electrons. The predicted octanol–water partition coefficient (Wildman–Crippen LogP) is 3.40. The Kier molecular flexibility index (Phi) is 4.60. The minimum Gasteiger partial charge on any atom is -0.321 e. The summed E-state index contributed by atoms with van der Waals surface area (Å²) >= 11 is 0. The average Bonchev–Trinajstić information content (AvgIpc) is 2.38. The second kappa shape index (κ2) is 6.01. The van der Waals surface area contributed by atoms with Crippen LogP contribution in [0.25, 0.3) is 0 Å². The van der Waals surface area contributed by atoms with Crippen LogP contribution >= 0.6 is 7.60 Å². The molecule has 0 spiro atoms. The van der Waals surface area contributed by atoms with E-state index in [-0.39, 0.29) is 0 Å². The zero-order chi connectivity index (χ0) is 13.0. The third-order valence-corrected chi connectivity index (χ3v) is 5.24. The van der Waals surface area contributed by atoms with Crippen LogP contribution in [0.2, 0.25) is 0 Å². The number of hydrogen-bond donors (Lipinski definition) is 1. The summed E-state index contributed by atoms with van der Waals surface area (Å²) < 4.78 is 17.6. The first-order valence-electron chi connectivity index (χ1n) is 6.63. The molecule has 18 heavy (non-hydrogen) atoms. The zero-order valence-corrected chi connectivity index (χ0v) is 11.7. The van der Waals surface area contributed by atoms with Crippen molar-refractivity contribution in [2.24, 2.45) is 5.92 Å². The molecule has 0 bridgehead atoms. The molecule has 0 saturated heterocycles. The Labute approximate surface area is 109 Å². The standard InChI is InChI=1S/C14H21O3P/c1-12-7-5-6-10-14(12)18(15,16)17-11-13-8-3-2-4-9-13/h5-7,10,13H,2-4,8-9,11H2,1H3,(H,15,16). The summed E-state index contributed by atoms with van der Waals surface area (Å²) in [5, 5.41) is 0.431. The molecule has 1 aliphatic rings. The normalized spacial score (nSPS) is 20.6. The second-order valence-corrected chi connectivity index (χ2v) is 6.89. The second-order valence-electron chi connectivity index (χ2n) is 5.11. The number of aryl methyl sites for hydroxylation is 1. The SMILES string of the molecule is Cc1ccccc1P(=O)(O)OCC1CCCCC1. The van der Waals surface area contributed by atoms with Gasteiger partial charge in [-0.2, -0.15) is 0 Å². The fourth-order valence-corrected chi connectivity index (χ4v) is 3.86. The van der Waals surface area contributed by atoms with Crippen LogP contribution in [0, 0.1) is 12.8 Å². The van der Waals surface area contributed by atoms with Crippen LogP contribution < -0.4 is 5.30 Å². The van der Waals surface area contributed by atoms with Crippen LogP contribution in [-0.2, 0) is 9.09 Å². The van der Waals surface area contributed by atoms with Gasteiger partial charge in [0.05, 0.1) is 11.9 Å². The van der Waals surface area contributed by atoms with Gasteiger partial charge in [0.15, 0.2) is 0 Å². The van der Waals surface area contributed by atoms with Crippen molar-refractivity contribution in [2.45, 2.75) is 39.0 Å². The largest absolute Gasteiger partial charge is 0.359 e. The molecule has 0 aromatic heterocycles. The van der Waals surface area contributed by atoms with Crippen LogP contribution in [0.5, 0.6) is 0 Å². The van der Waals surface area contributed by atoms with Crippen molar-refractivity contribution in [3.63, 3.8) is 0 Å². The van der Waals surface area contributed by atoms with Gasteiger partial charge in [0.25, 0.3) is 0 Å². The molecule has 2 rings (SSSR count). The van der Waals surface area contributed by atoms with E-state index in [1.54, 1.807) is 12.1 Å². The topological polar surface area (TPSA) is 46.5 Å². The van der Waals surface area contributed by atoms with Gasteiger partial charge in [-0.25, -0.2) is 0 Å². The highest BCUT2D eigenvalue weighted by Gasteiger charge is 2.26. The van der Waals surface area contributed by atoms with E-state index in [0.29, 0.717) is 17.8 Å². The molecule has 1 aromatic carbocycles. The van der Waals surface area contributed by atoms with Crippen LogP contribution in [0.4, 0.5) is 0 Å². The molecule has 0 heterocycles. The van der Waals surface area contributed by atoms with Crippen molar-refractivity contribution >= 4 is 12.9 Å². The molecule has 3 nitrogen and oxygen atoms in total. The molecule has 0 amide bonds. The number of hydrogen-bond acceptors (Lipinski definition) is 2. The summed E-state index contributed by atoms with van der Waals surface area (Å²) in [5.41, 5.74) is 0.812. The number of rotatable bonds is 4. The summed E-state index contributed by atoms with van der Waals surface area (Å²) in [5.74, 6) is 0.447. The molecule has 0 aliphatic heterocycles. The number of benzene rings is 1. The van der Waals surface area contributed by atoms with Crippen molar-refractivity contribution in [3.05, 3.63) is 29.8 Å². The Balaban J connectivity index is 1.99. The molecule has 1 atom stereocenters. The minimum atomic E-state index is -3.65. The van der Waals surface area contributed by atoms with Crippen LogP contribution in [-0.4, -0.2) is 11.5 Å². The van der Waals surface area contributed by atoms with E-state index in [0.717, 1.165) is 18.4 Å². The van der Waals surface area contributed by atoms with Crippen molar-refractivity contribution in [3.8, 4) is 0 Å².